The van der Waals surface area contributed by atoms with Crippen molar-refractivity contribution in [2.75, 3.05) is 0 Å². The van der Waals surface area contributed by atoms with E-state index in [0.29, 0.717) is 0 Å². The maximum absolute atomic E-state index is 11.8. The smallest absolute Gasteiger partial charge is 0.510 e. The van der Waals surface area contributed by atoms with Crippen molar-refractivity contribution in [1.29, 1.82) is 0 Å². The maximum atomic E-state index is 11.8. The van der Waals surface area contributed by atoms with Crippen LogP contribution in [-0.2, 0) is 14.1 Å². The fraction of sp³-hybridized carbons (Fsp3) is 0.909. The first-order chi connectivity index (χ1) is 6.59. The van der Waals surface area contributed by atoms with Crippen molar-refractivity contribution in [3.8, 4) is 0 Å². The van der Waals surface area contributed by atoms with Crippen LogP contribution in [-0.4, -0.2) is 19.8 Å². The average molecular weight is 213 g/mol. The normalized spacial score (nSPS) is 12.8. The summed E-state index contributed by atoms with van der Waals surface area (Å²) >= 11 is 0. The molecule has 0 fully saturated rings. The van der Waals surface area contributed by atoms with E-state index in [0.717, 1.165) is 7.69 Å². The van der Waals surface area contributed by atoms with E-state index in [1.54, 1.807) is 0 Å². The first kappa shape index (κ1) is 14.5. The van der Waals surface area contributed by atoms with Crippen LogP contribution >= 0.6 is 0 Å². The fourth-order valence-electron chi connectivity index (χ4n) is 0.636. The second kappa shape index (κ2) is 5.02. The molecule has 1 radical (unpaired) electrons. The summed E-state index contributed by atoms with van der Waals surface area (Å²) in [4.78, 5) is 11.8. The molecule has 0 unspecified atom stereocenters. The van der Waals surface area contributed by atoms with Gasteiger partial charge in [0.05, 0.1) is 5.41 Å². The van der Waals surface area contributed by atoms with E-state index in [4.69, 9.17) is 9.31 Å². The molecule has 0 atom stereocenters. The second-order valence-electron chi connectivity index (χ2n) is 5.56. The highest BCUT2D eigenvalue weighted by molar-refractivity contribution is 6.22. The number of carbonyl (C=O) groups excluding carboxylic acids is 1. The number of hydrogen-bond donors (Lipinski definition) is 0. The third kappa shape index (κ3) is 4.25. The predicted octanol–water partition coefficient (Wildman–Crippen LogP) is 2.56. The van der Waals surface area contributed by atoms with Gasteiger partial charge in [0.1, 0.15) is 0 Å². The van der Waals surface area contributed by atoms with Crippen LogP contribution in [0.2, 0.25) is 0 Å². The third-order valence-electron chi connectivity index (χ3n) is 2.87. The fourth-order valence-corrected chi connectivity index (χ4v) is 0.636. The average Bonchev–Trinajstić information content (AvgIpc) is 2.01. The van der Waals surface area contributed by atoms with Gasteiger partial charge in [-0.1, -0.05) is 20.8 Å². The number of hydrogen-bond acceptors (Lipinski definition) is 3. The summed E-state index contributed by atoms with van der Waals surface area (Å²) in [6, 6.07) is 0. The second-order valence-corrected chi connectivity index (χ2v) is 5.56. The Labute approximate surface area is 93.8 Å². The van der Waals surface area contributed by atoms with Gasteiger partial charge in [0.25, 0.3) is 5.97 Å². The summed E-state index contributed by atoms with van der Waals surface area (Å²) in [6.07, 6.45) is 0.0237. The van der Waals surface area contributed by atoms with Gasteiger partial charge in [0.2, 0.25) is 0 Å². The molecule has 3 nitrogen and oxygen atoms in total. The lowest BCUT2D eigenvalue weighted by Gasteiger charge is -2.36. The van der Waals surface area contributed by atoms with Crippen molar-refractivity contribution in [2.45, 2.75) is 54.6 Å². The van der Waals surface area contributed by atoms with E-state index in [2.05, 4.69) is 0 Å². The quantitative estimate of drug-likeness (QED) is 0.673. The lowest BCUT2D eigenvalue weighted by Crippen LogP contribution is -2.39. The summed E-state index contributed by atoms with van der Waals surface area (Å²) in [5, 5.41) is 0. The Hall–Kier alpha value is -0.505. The molecule has 0 amide bonds. The van der Waals surface area contributed by atoms with E-state index in [9.17, 15) is 4.79 Å². The molecule has 0 aromatic rings. The molecule has 0 aliphatic carbocycles. The van der Waals surface area contributed by atoms with Gasteiger partial charge in [-0.2, -0.15) is 0 Å². The molecule has 0 saturated heterocycles. The third-order valence-corrected chi connectivity index (χ3v) is 2.87. The molecule has 0 saturated carbocycles. The molecule has 0 heterocycles. The molecule has 0 N–H and O–H groups in total. The molecule has 0 rings (SSSR count). The highest BCUT2D eigenvalue weighted by Gasteiger charge is 2.41. The highest BCUT2D eigenvalue weighted by atomic mass is 16.6. The van der Waals surface area contributed by atoms with Gasteiger partial charge >= 0.3 is 7.69 Å². The number of carbonyl (C=O) groups is 1. The zero-order valence-corrected chi connectivity index (χ0v) is 10.9. The van der Waals surface area contributed by atoms with Crippen molar-refractivity contribution in [3.63, 3.8) is 0 Å². The maximum Gasteiger partial charge on any atom is 0.574 e. The predicted molar refractivity (Wildman–Crippen MR) is 61.3 cm³/mol. The van der Waals surface area contributed by atoms with Crippen LogP contribution in [0.1, 0.15) is 48.5 Å². The zero-order valence-electron chi connectivity index (χ0n) is 10.9. The van der Waals surface area contributed by atoms with E-state index >= 15 is 0 Å². The van der Waals surface area contributed by atoms with Crippen molar-refractivity contribution < 1.29 is 14.1 Å². The summed E-state index contributed by atoms with van der Waals surface area (Å²) in [5.41, 5.74) is -0.681. The lowest BCUT2D eigenvalue weighted by atomic mass is 9.69. The Bertz CT molecular complexity index is 216. The largest absolute Gasteiger partial charge is 0.574 e. The van der Waals surface area contributed by atoms with Crippen molar-refractivity contribution >= 4 is 13.7 Å². The Morgan fingerprint density at radius 3 is 1.93 bits per heavy atom. The highest BCUT2D eigenvalue weighted by Crippen LogP contribution is 2.38. The molecule has 0 aliphatic heterocycles. The molecule has 87 valence electrons. The van der Waals surface area contributed by atoms with E-state index < -0.39 is 5.41 Å². The Kier molecular flexibility index (Phi) is 4.85. The summed E-state index contributed by atoms with van der Waals surface area (Å²) in [7, 11) is 1.13. The van der Waals surface area contributed by atoms with Crippen LogP contribution in [0.4, 0.5) is 0 Å². The first-order valence-corrected chi connectivity index (χ1v) is 5.27. The van der Waals surface area contributed by atoms with Gasteiger partial charge in [-0.15, -0.1) is 0 Å². The minimum Gasteiger partial charge on any atom is -0.510 e. The molecule has 0 aromatic carbocycles. The lowest BCUT2D eigenvalue weighted by molar-refractivity contribution is -0.151. The van der Waals surface area contributed by atoms with E-state index in [-0.39, 0.29) is 17.5 Å². The minimum atomic E-state index is -0.538. The van der Waals surface area contributed by atoms with Crippen LogP contribution < -0.4 is 0 Å². The standard InChI is InChI=1S/C11H22BO3/c1-8(2)14-12-15-9(13)11(6,7)10(3,4)5/h8H,1-7H3. The SMILES string of the molecule is CC(C)O[B]OC(=O)C(C)(C)C(C)(C)C. The monoisotopic (exact) mass is 213 g/mol. The summed E-state index contributed by atoms with van der Waals surface area (Å²) in [5.74, 6) is -0.268. The van der Waals surface area contributed by atoms with Crippen LogP contribution in [0.5, 0.6) is 0 Å². The molecular formula is C11H22BO3. The van der Waals surface area contributed by atoms with Crippen molar-refractivity contribution in [2.24, 2.45) is 10.8 Å². The number of rotatable bonds is 4. The van der Waals surface area contributed by atoms with Gasteiger partial charge in [-0.25, -0.2) is 0 Å². The van der Waals surface area contributed by atoms with E-state index in [1.165, 1.54) is 0 Å². The molecule has 0 aliphatic rings. The van der Waals surface area contributed by atoms with Gasteiger partial charge in [-0.05, 0) is 33.1 Å². The Morgan fingerprint density at radius 1 is 1.13 bits per heavy atom. The van der Waals surface area contributed by atoms with Crippen molar-refractivity contribution in [3.05, 3.63) is 0 Å². The topological polar surface area (TPSA) is 35.5 Å². The van der Waals surface area contributed by atoms with Crippen LogP contribution in [0, 0.1) is 10.8 Å². The summed E-state index contributed by atoms with van der Waals surface area (Å²) in [6.45, 7) is 13.5. The van der Waals surface area contributed by atoms with Gasteiger partial charge in [0, 0.05) is 6.10 Å². The zero-order chi connectivity index (χ0) is 12.3. The van der Waals surface area contributed by atoms with Crippen molar-refractivity contribution in [1.82, 2.24) is 0 Å². The Morgan fingerprint density at radius 2 is 1.60 bits per heavy atom. The first-order valence-electron chi connectivity index (χ1n) is 5.27. The van der Waals surface area contributed by atoms with Crippen LogP contribution in [0.15, 0.2) is 0 Å². The molecule has 0 spiro atoms. The van der Waals surface area contributed by atoms with Crippen LogP contribution in [0.3, 0.4) is 0 Å². The van der Waals surface area contributed by atoms with Gasteiger partial charge < -0.3 is 9.31 Å². The molecule has 4 heteroatoms. The van der Waals surface area contributed by atoms with Gasteiger partial charge in [-0.3, -0.25) is 4.79 Å². The Balaban J connectivity index is 4.21. The van der Waals surface area contributed by atoms with E-state index in [1.807, 2.05) is 48.5 Å². The van der Waals surface area contributed by atoms with Gasteiger partial charge in [0.15, 0.2) is 0 Å². The van der Waals surface area contributed by atoms with Crippen LogP contribution in [0.25, 0.3) is 0 Å². The molecule has 0 bridgehead atoms. The molecular weight excluding hydrogens is 191 g/mol. The summed E-state index contributed by atoms with van der Waals surface area (Å²) < 4.78 is 10.0. The minimum absolute atomic E-state index is 0.0237. The molecule has 15 heavy (non-hydrogen) atoms. The molecule has 0 aromatic heterocycles.